The van der Waals surface area contributed by atoms with Crippen molar-refractivity contribution < 1.29 is 4.79 Å². The Morgan fingerprint density at radius 2 is 2.12 bits per heavy atom. The van der Waals surface area contributed by atoms with Crippen LogP contribution in [0.5, 0.6) is 0 Å². The van der Waals surface area contributed by atoms with Crippen LogP contribution in [-0.2, 0) is 13.5 Å². The minimum Gasteiger partial charge on any atom is -0.350 e. The molecule has 1 amide bonds. The Kier molecular flexibility index (Phi) is 4.73. The van der Waals surface area contributed by atoms with Crippen molar-refractivity contribution in [3.8, 4) is 23.5 Å². The van der Waals surface area contributed by atoms with Gasteiger partial charge in [0.15, 0.2) is 5.01 Å². The molecule has 5 nitrogen and oxygen atoms in total. The number of carbonyl (C=O) groups excluding carboxylic acids is 1. The molecule has 0 unspecified atom stereocenters. The number of carbonyl (C=O) groups is 1. The first-order chi connectivity index (χ1) is 11.7. The zero-order valence-electron chi connectivity index (χ0n) is 13.2. The van der Waals surface area contributed by atoms with Crippen molar-refractivity contribution in [3.63, 3.8) is 0 Å². The molecular formula is C18H16N4OS. The van der Waals surface area contributed by atoms with Gasteiger partial charge in [0.25, 0.3) is 5.91 Å². The summed E-state index contributed by atoms with van der Waals surface area (Å²) in [7, 11) is 1.90. The predicted octanol–water partition coefficient (Wildman–Crippen LogP) is 2.50. The summed E-state index contributed by atoms with van der Waals surface area (Å²) in [4.78, 5) is 16.0. The van der Waals surface area contributed by atoms with Crippen LogP contribution in [0.4, 0.5) is 0 Å². The van der Waals surface area contributed by atoms with Gasteiger partial charge in [-0.2, -0.15) is 5.10 Å². The summed E-state index contributed by atoms with van der Waals surface area (Å²) in [5.74, 6) is 2.23. The van der Waals surface area contributed by atoms with Gasteiger partial charge in [0.1, 0.15) is 5.69 Å². The Balaban J connectivity index is 1.53. The average Bonchev–Trinajstić information content (AvgIpc) is 3.24. The Hall–Kier alpha value is -2.91. The van der Waals surface area contributed by atoms with Crippen molar-refractivity contribution in [1.29, 1.82) is 0 Å². The summed E-state index contributed by atoms with van der Waals surface area (Å²) in [6.07, 6.45) is 9.83. The Morgan fingerprint density at radius 1 is 1.33 bits per heavy atom. The molecule has 0 atom stereocenters. The molecule has 24 heavy (non-hydrogen) atoms. The van der Waals surface area contributed by atoms with Crippen molar-refractivity contribution in [2.24, 2.45) is 7.05 Å². The van der Waals surface area contributed by atoms with Crippen LogP contribution in [0.1, 0.15) is 21.1 Å². The fraction of sp³-hybridized carbons (Fsp3) is 0.167. The molecule has 0 bridgehead atoms. The van der Waals surface area contributed by atoms with Crippen LogP contribution in [0.3, 0.4) is 0 Å². The highest BCUT2D eigenvalue weighted by molar-refractivity contribution is 7.10. The summed E-state index contributed by atoms with van der Waals surface area (Å²) in [5, 5.41) is 9.22. The Labute approximate surface area is 144 Å². The van der Waals surface area contributed by atoms with Crippen LogP contribution in [0, 0.1) is 12.3 Å². The van der Waals surface area contributed by atoms with Gasteiger partial charge in [-0.1, -0.05) is 24.3 Å². The number of hydrogen-bond acceptors (Lipinski definition) is 4. The summed E-state index contributed by atoms with van der Waals surface area (Å²) in [5.41, 5.74) is 3.75. The fourth-order valence-corrected chi connectivity index (χ4v) is 2.89. The van der Waals surface area contributed by atoms with Crippen molar-refractivity contribution in [3.05, 3.63) is 58.3 Å². The van der Waals surface area contributed by atoms with Gasteiger partial charge < -0.3 is 5.32 Å². The van der Waals surface area contributed by atoms with Gasteiger partial charge in [-0.05, 0) is 23.5 Å². The van der Waals surface area contributed by atoms with E-state index < -0.39 is 0 Å². The number of hydrogen-bond donors (Lipinski definition) is 1. The number of terminal acetylenes is 1. The van der Waals surface area contributed by atoms with Crippen LogP contribution in [0.25, 0.3) is 11.1 Å². The Morgan fingerprint density at radius 3 is 2.75 bits per heavy atom. The van der Waals surface area contributed by atoms with E-state index in [0.29, 0.717) is 17.2 Å². The number of benzene rings is 1. The molecule has 3 aromatic rings. The van der Waals surface area contributed by atoms with E-state index in [0.717, 1.165) is 23.1 Å². The topological polar surface area (TPSA) is 59.8 Å². The summed E-state index contributed by atoms with van der Waals surface area (Å²) >= 11 is 1.29. The molecule has 0 aliphatic carbocycles. The van der Waals surface area contributed by atoms with Crippen LogP contribution in [-0.4, -0.2) is 27.2 Å². The van der Waals surface area contributed by atoms with E-state index in [9.17, 15) is 4.79 Å². The molecule has 0 aliphatic heterocycles. The molecule has 0 aliphatic rings. The maximum atomic E-state index is 12.0. The Bertz CT molecular complexity index is 886. The normalized spacial score (nSPS) is 10.3. The van der Waals surface area contributed by atoms with Crippen LogP contribution in [0.15, 0.2) is 42.0 Å². The second-order valence-electron chi connectivity index (χ2n) is 5.29. The molecule has 1 aromatic carbocycles. The van der Waals surface area contributed by atoms with E-state index >= 15 is 0 Å². The standard InChI is InChI=1S/C18H16N4OS/c1-3-17-21-16(12-24-17)18(23)19-9-8-13-4-6-14(7-5-13)15-10-20-22(2)11-15/h1,4-7,10-12H,8-9H2,2H3,(H,19,23). The third-order valence-electron chi connectivity index (χ3n) is 3.55. The first-order valence-electron chi connectivity index (χ1n) is 7.44. The first-order valence-corrected chi connectivity index (χ1v) is 8.32. The SMILES string of the molecule is C#Cc1nc(C(=O)NCCc2ccc(-c3cnn(C)c3)cc2)cs1. The van der Waals surface area contributed by atoms with E-state index in [1.807, 2.05) is 19.4 Å². The van der Waals surface area contributed by atoms with Gasteiger partial charge in [0.2, 0.25) is 0 Å². The maximum absolute atomic E-state index is 12.0. The van der Waals surface area contributed by atoms with Crippen molar-refractivity contribution in [2.75, 3.05) is 6.54 Å². The number of aryl methyl sites for hydroxylation is 1. The lowest BCUT2D eigenvalue weighted by Gasteiger charge is -2.05. The minimum atomic E-state index is -0.195. The second-order valence-corrected chi connectivity index (χ2v) is 6.15. The number of rotatable bonds is 5. The van der Waals surface area contributed by atoms with Crippen LogP contribution < -0.4 is 5.32 Å². The minimum absolute atomic E-state index is 0.195. The van der Waals surface area contributed by atoms with Crippen molar-refractivity contribution in [1.82, 2.24) is 20.1 Å². The number of thiazole rings is 1. The highest BCUT2D eigenvalue weighted by Crippen LogP contribution is 2.18. The molecule has 2 heterocycles. The zero-order valence-corrected chi connectivity index (χ0v) is 14.0. The zero-order chi connectivity index (χ0) is 16.9. The van der Waals surface area contributed by atoms with E-state index in [1.165, 1.54) is 11.3 Å². The lowest BCUT2D eigenvalue weighted by atomic mass is 10.1. The lowest BCUT2D eigenvalue weighted by molar-refractivity contribution is 0.0950. The molecule has 0 radical (unpaired) electrons. The van der Waals surface area contributed by atoms with Gasteiger partial charge in [-0.25, -0.2) is 4.98 Å². The van der Waals surface area contributed by atoms with Gasteiger partial charge >= 0.3 is 0 Å². The summed E-state index contributed by atoms with van der Waals surface area (Å²) in [6, 6.07) is 8.25. The van der Waals surface area contributed by atoms with Gasteiger partial charge in [0.05, 0.1) is 6.20 Å². The highest BCUT2D eigenvalue weighted by atomic mass is 32.1. The van der Waals surface area contributed by atoms with Gasteiger partial charge in [-0.15, -0.1) is 17.8 Å². The second kappa shape index (κ2) is 7.11. The molecule has 1 N–H and O–H groups in total. The highest BCUT2D eigenvalue weighted by Gasteiger charge is 2.09. The fourth-order valence-electron chi connectivity index (χ4n) is 2.29. The van der Waals surface area contributed by atoms with E-state index in [1.54, 1.807) is 10.1 Å². The van der Waals surface area contributed by atoms with Crippen molar-refractivity contribution in [2.45, 2.75) is 6.42 Å². The van der Waals surface area contributed by atoms with E-state index in [2.05, 4.69) is 45.6 Å². The lowest BCUT2D eigenvalue weighted by Crippen LogP contribution is -2.25. The number of amides is 1. The van der Waals surface area contributed by atoms with Crippen molar-refractivity contribution >= 4 is 17.2 Å². The number of nitrogens with zero attached hydrogens (tertiary/aromatic N) is 3. The molecule has 3 rings (SSSR count). The quantitative estimate of drug-likeness (QED) is 0.728. The molecule has 0 saturated carbocycles. The number of nitrogens with one attached hydrogen (secondary N) is 1. The molecule has 0 fully saturated rings. The number of aromatic nitrogens is 3. The molecule has 0 saturated heterocycles. The first kappa shape index (κ1) is 16.0. The smallest absolute Gasteiger partial charge is 0.270 e. The monoisotopic (exact) mass is 336 g/mol. The third kappa shape index (κ3) is 3.70. The van der Waals surface area contributed by atoms with Crippen LogP contribution >= 0.6 is 11.3 Å². The van der Waals surface area contributed by atoms with Gasteiger partial charge in [-0.3, -0.25) is 9.48 Å². The van der Waals surface area contributed by atoms with E-state index in [-0.39, 0.29) is 5.91 Å². The maximum Gasteiger partial charge on any atom is 0.270 e. The van der Waals surface area contributed by atoms with Crippen LogP contribution in [0.2, 0.25) is 0 Å². The third-order valence-corrected chi connectivity index (χ3v) is 4.33. The molecule has 0 spiro atoms. The van der Waals surface area contributed by atoms with Gasteiger partial charge in [0, 0.05) is 30.7 Å². The average molecular weight is 336 g/mol. The molecule has 6 heteroatoms. The molecular weight excluding hydrogens is 320 g/mol. The summed E-state index contributed by atoms with van der Waals surface area (Å²) in [6.45, 7) is 0.550. The predicted molar refractivity (Wildman–Crippen MR) is 94.7 cm³/mol. The summed E-state index contributed by atoms with van der Waals surface area (Å²) < 4.78 is 1.78. The largest absolute Gasteiger partial charge is 0.350 e. The molecule has 120 valence electrons. The van der Waals surface area contributed by atoms with E-state index in [4.69, 9.17) is 6.42 Å². The molecule has 2 aromatic heterocycles.